The highest BCUT2D eigenvalue weighted by Crippen LogP contribution is 2.44. The normalized spacial score (nSPS) is 39.3. The number of hydrogen-bond donors (Lipinski definition) is 1. The quantitative estimate of drug-likeness (QED) is 0.802. The minimum atomic E-state index is -0.754. The Balaban J connectivity index is 1.43. The first-order chi connectivity index (χ1) is 11.7. The molecule has 4 rings (SSSR count). The van der Waals surface area contributed by atoms with Crippen molar-refractivity contribution in [3.8, 4) is 0 Å². The first kappa shape index (κ1) is 17.0. The van der Waals surface area contributed by atoms with E-state index in [2.05, 4.69) is 6.58 Å². The number of aliphatic hydroxyl groups is 1. The van der Waals surface area contributed by atoms with Gasteiger partial charge in [0.05, 0.1) is 6.61 Å². The standard InChI is InChI=1S/C19H30O5/c1-2-14-17(24-19(22-14)11-7-4-8-12-19)16(20)15-13-21-18(23-15)9-5-3-6-10-18/h2,14-17,20H,1,3-13H2/t14-,15+,16-,17-/m0/s1. The Morgan fingerprint density at radius 3 is 2.12 bits per heavy atom. The molecule has 24 heavy (non-hydrogen) atoms. The van der Waals surface area contributed by atoms with Crippen LogP contribution in [-0.4, -0.2) is 47.7 Å². The molecule has 1 N–H and O–H groups in total. The molecule has 0 bridgehead atoms. The summed E-state index contributed by atoms with van der Waals surface area (Å²) in [6, 6.07) is 0. The van der Waals surface area contributed by atoms with Crippen LogP contribution in [0.3, 0.4) is 0 Å². The SMILES string of the molecule is C=C[C@@H]1OC2(CCCCC2)O[C@@H]1[C@@H](O)[C@H]1COC2(CCCCC2)O1. The lowest BCUT2D eigenvalue weighted by atomic mass is 9.94. The average Bonchev–Trinajstić information content (AvgIpc) is 3.18. The van der Waals surface area contributed by atoms with Crippen molar-refractivity contribution in [3.05, 3.63) is 12.7 Å². The maximum Gasteiger partial charge on any atom is 0.169 e. The highest BCUT2D eigenvalue weighted by Gasteiger charge is 2.53. The number of rotatable bonds is 3. The van der Waals surface area contributed by atoms with Crippen LogP contribution in [0.25, 0.3) is 0 Å². The molecule has 2 spiro atoms. The molecule has 2 aliphatic carbocycles. The minimum Gasteiger partial charge on any atom is -0.387 e. The van der Waals surface area contributed by atoms with E-state index in [4.69, 9.17) is 18.9 Å². The first-order valence-electron chi connectivity index (χ1n) is 9.63. The fraction of sp³-hybridized carbons (Fsp3) is 0.895. The zero-order valence-electron chi connectivity index (χ0n) is 14.5. The van der Waals surface area contributed by atoms with E-state index in [0.717, 1.165) is 51.4 Å². The van der Waals surface area contributed by atoms with Gasteiger partial charge in [-0.05, 0) is 25.7 Å². The van der Waals surface area contributed by atoms with Crippen molar-refractivity contribution in [1.82, 2.24) is 0 Å². The third-order valence-electron chi connectivity index (χ3n) is 6.08. The molecule has 136 valence electrons. The second kappa shape index (κ2) is 6.69. The Hall–Kier alpha value is -0.460. The largest absolute Gasteiger partial charge is 0.387 e. The second-order valence-corrected chi connectivity index (χ2v) is 7.80. The van der Waals surface area contributed by atoms with Crippen LogP contribution < -0.4 is 0 Å². The predicted octanol–water partition coefficient (Wildman–Crippen LogP) is 3.05. The highest BCUT2D eigenvalue weighted by molar-refractivity contribution is 5.01. The smallest absolute Gasteiger partial charge is 0.169 e. The number of hydrogen-bond acceptors (Lipinski definition) is 5. The molecule has 0 aromatic heterocycles. The molecule has 2 saturated heterocycles. The molecule has 2 heterocycles. The van der Waals surface area contributed by atoms with Gasteiger partial charge in [0, 0.05) is 25.7 Å². The fourth-order valence-electron chi connectivity index (χ4n) is 4.74. The zero-order valence-corrected chi connectivity index (χ0v) is 14.5. The van der Waals surface area contributed by atoms with Gasteiger partial charge in [-0.15, -0.1) is 6.58 Å². The van der Waals surface area contributed by atoms with E-state index in [9.17, 15) is 5.11 Å². The van der Waals surface area contributed by atoms with Crippen molar-refractivity contribution in [2.45, 2.75) is 100 Å². The molecular formula is C19H30O5. The summed E-state index contributed by atoms with van der Waals surface area (Å²) in [5.41, 5.74) is 0. The number of ether oxygens (including phenoxy) is 4. The summed E-state index contributed by atoms with van der Waals surface area (Å²) in [6.07, 6.45) is 10.5. The Morgan fingerprint density at radius 2 is 1.50 bits per heavy atom. The maximum atomic E-state index is 10.9. The minimum absolute atomic E-state index is 0.287. The molecule has 4 atom stereocenters. The summed E-state index contributed by atoms with van der Waals surface area (Å²) in [7, 11) is 0. The average molecular weight is 338 g/mol. The van der Waals surface area contributed by atoms with E-state index in [-0.39, 0.29) is 12.2 Å². The lowest BCUT2D eigenvalue weighted by molar-refractivity contribution is -0.216. The summed E-state index contributed by atoms with van der Waals surface area (Å²) < 4.78 is 24.6. The summed E-state index contributed by atoms with van der Waals surface area (Å²) in [6.45, 7) is 4.30. The molecular weight excluding hydrogens is 308 g/mol. The van der Waals surface area contributed by atoms with Gasteiger partial charge in [0.1, 0.15) is 24.4 Å². The molecule has 2 aliphatic heterocycles. The zero-order chi connectivity index (χ0) is 16.6. The van der Waals surface area contributed by atoms with E-state index >= 15 is 0 Å². The van der Waals surface area contributed by atoms with Crippen molar-refractivity contribution in [3.63, 3.8) is 0 Å². The maximum absolute atomic E-state index is 10.9. The third kappa shape index (κ3) is 3.06. The summed E-state index contributed by atoms with van der Waals surface area (Å²) in [4.78, 5) is 0. The summed E-state index contributed by atoms with van der Waals surface area (Å²) in [5.74, 6) is -1.01. The van der Waals surface area contributed by atoms with Crippen molar-refractivity contribution < 1.29 is 24.1 Å². The monoisotopic (exact) mass is 338 g/mol. The molecule has 0 radical (unpaired) electrons. The molecule has 4 aliphatic rings. The van der Waals surface area contributed by atoms with Crippen LogP contribution >= 0.6 is 0 Å². The van der Waals surface area contributed by atoms with E-state index < -0.39 is 23.8 Å². The second-order valence-electron chi connectivity index (χ2n) is 7.80. The van der Waals surface area contributed by atoms with Gasteiger partial charge in [-0.1, -0.05) is 18.9 Å². The first-order valence-corrected chi connectivity index (χ1v) is 9.63. The lowest BCUT2D eigenvalue weighted by Gasteiger charge is -2.34. The van der Waals surface area contributed by atoms with Gasteiger partial charge in [0.15, 0.2) is 11.6 Å². The van der Waals surface area contributed by atoms with Crippen molar-refractivity contribution in [2.75, 3.05) is 6.61 Å². The van der Waals surface area contributed by atoms with Crippen LogP contribution in [0.15, 0.2) is 12.7 Å². The Kier molecular flexibility index (Phi) is 4.73. The molecule has 5 nitrogen and oxygen atoms in total. The van der Waals surface area contributed by atoms with Gasteiger partial charge in [0.25, 0.3) is 0 Å². The summed E-state index contributed by atoms with van der Waals surface area (Å²) >= 11 is 0. The van der Waals surface area contributed by atoms with Gasteiger partial charge in [-0.2, -0.15) is 0 Å². The predicted molar refractivity (Wildman–Crippen MR) is 88.4 cm³/mol. The van der Waals surface area contributed by atoms with Crippen LogP contribution in [0.2, 0.25) is 0 Å². The van der Waals surface area contributed by atoms with Crippen LogP contribution in [0.5, 0.6) is 0 Å². The molecule has 0 unspecified atom stereocenters. The van der Waals surface area contributed by atoms with Gasteiger partial charge in [0.2, 0.25) is 0 Å². The molecule has 0 amide bonds. The fourth-order valence-corrected chi connectivity index (χ4v) is 4.74. The molecule has 4 fully saturated rings. The lowest BCUT2D eigenvalue weighted by Crippen LogP contribution is -2.45. The Labute approximate surface area is 144 Å². The van der Waals surface area contributed by atoms with Crippen LogP contribution in [0.4, 0.5) is 0 Å². The van der Waals surface area contributed by atoms with Crippen molar-refractivity contribution in [1.29, 1.82) is 0 Å². The summed E-state index contributed by atoms with van der Waals surface area (Å²) in [5, 5.41) is 10.9. The highest BCUT2D eigenvalue weighted by atomic mass is 16.8. The van der Waals surface area contributed by atoms with Crippen LogP contribution in [0, 0.1) is 0 Å². The van der Waals surface area contributed by atoms with E-state index in [1.54, 1.807) is 6.08 Å². The molecule has 0 aromatic carbocycles. The van der Waals surface area contributed by atoms with Crippen molar-refractivity contribution >= 4 is 0 Å². The van der Waals surface area contributed by atoms with Gasteiger partial charge >= 0.3 is 0 Å². The van der Waals surface area contributed by atoms with E-state index in [1.165, 1.54) is 12.8 Å². The van der Waals surface area contributed by atoms with Gasteiger partial charge < -0.3 is 24.1 Å². The molecule has 0 aromatic rings. The third-order valence-corrected chi connectivity index (χ3v) is 6.08. The van der Waals surface area contributed by atoms with Gasteiger partial charge in [-0.25, -0.2) is 0 Å². The molecule has 2 saturated carbocycles. The topological polar surface area (TPSA) is 57.2 Å². The number of aliphatic hydroxyl groups excluding tert-OH is 1. The van der Waals surface area contributed by atoms with Crippen molar-refractivity contribution in [2.24, 2.45) is 0 Å². The Morgan fingerprint density at radius 1 is 0.875 bits per heavy atom. The molecule has 5 heteroatoms. The van der Waals surface area contributed by atoms with Crippen LogP contribution in [0.1, 0.15) is 64.2 Å². The van der Waals surface area contributed by atoms with E-state index in [0.29, 0.717) is 6.61 Å². The van der Waals surface area contributed by atoms with Crippen LogP contribution in [-0.2, 0) is 18.9 Å². The Bertz CT molecular complexity index is 453. The van der Waals surface area contributed by atoms with E-state index in [1.807, 2.05) is 0 Å². The van der Waals surface area contributed by atoms with Gasteiger partial charge in [-0.3, -0.25) is 0 Å².